The number of nitrogens with zero attached hydrogens (tertiary/aromatic N) is 4. The number of aryl methyl sites for hydroxylation is 2. The normalized spacial score (nSPS) is 10.9. The highest BCUT2D eigenvalue weighted by atomic mass is 16.5. The standard InChI is InChI=1S/C17H21N5O/c1-3-13-12-14(4-2)22-17(19-13)20-16(21-22)18-10-11-23-15-8-6-5-7-9-15/h5-9,12H,3-4,10-11H2,1-2H3,(H,18,21). The fourth-order valence-electron chi connectivity index (χ4n) is 2.34. The Labute approximate surface area is 135 Å². The Balaban J connectivity index is 1.64. The highest BCUT2D eigenvalue weighted by Crippen LogP contribution is 2.11. The van der Waals surface area contributed by atoms with Crippen LogP contribution >= 0.6 is 0 Å². The summed E-state index contributed by atoms with van der Waals surface area (Å²) in [4.78, 5) is 8.97. The van der Waals surface area contributed by atoms with E-state index in [4.69, 9.17) is 4.74 Å². The summed E-state index contributed by atoms with van der Waals surface area (Å²) in [6.45, 7) is 5.38. The van der Waals surface area contributed by atoms with E-state index in [9.17, 15) is 0 Å². The summed E-state index contributed by atoms with van der Waals surface area (Å²) >= 11 is 0. The maximum Gasteiger partial charge on any atom is 0.254 e. The van der Waals surface area contributed by atoms with Crippen LogP contribution < -0.4 is 10.1 Å². The van der Waals surface area contributed by atoms with E-state index in [0.717, 1.165) is 30.0 Å². The number of fused-ring (bicyclic) bond motifs is 1. The zero-order valence-electron chi connectivity index (χ0n) is 13.5. The quantitative estimate of drug-likeness (QED) is 0.680. The maximum atomic E-state index is 5.64. The van der Waals surface area contributed by atoms with Crippen LogP contribution in [0.25, 0.3) is 5.78 Å². The molecule has 0 fully saturated rings. The molecule has 0 bridgehead atoms. The smallest absolute Gasteiger partial charge is 0.254 e. The van der Waals surface area contributed by atoms with Crippen LogP contribution in [0.4, 0.5) is 5.95 Å². The number of aromatic nitrogens is 4. The first-order chi connectivity index (χ1) is 11.3. The average molecular weight is 311 g/mol. The molecule has 6 heteroatoms. The van der Waals surface area contributed by atoms with Gasteiger partial charge in [0, 0.05) is 11.4 Å². The predicted octanol–water partition coefficient (Wildman–Crippen LogP) is 2.74. The lowest BCUT2D eigenvalue weighted by Crippen LogP contribution is -2.12. The first-order valence-electron chi connectivity index (χ1n) is 7.97. The molecule has 0 saturated carbocycles. The van der Waals surface area contributed by atoms with Gasteiger partial charge in [-0.2, -0.15) is 9.50 Å². The lowest BCUT2D eigenvalue weighted by molar-refractivity contribution is 0.332. The molecule has 3 aromatic rings. The molecule has 2 aromatic heterocycles. The van der Waals surface area contributed by atoms with E-state index < -0.39 is 0 Å². The van der Waals surface area contributed by atoms with E-state index in [2.05, 4.69) is 40.3 Å². The number of benzene rings is 1. The molecule has 0 atom stereocenters. The zero-order chi connectivity index (χ0) is 16.1. The molecule has 0 aliphatic rings. The molecule has 0 amide bonds. The van der Waals surface area contributed by atoms with Crippen LogP contribution in [0.2, 0.25) is 0 Å². The van der Waals surface area contributed by atoms with Crippen molar-refractivity contribution in [2.24, 2.45) is 0 Å². The minimum atomic E-state index is 0.549. The van der Waals surface area contributed by atoms with Crippen molar-refractivity contribution in [3.05, 3.63) is 47.8 Å². The Hall–Kier alpha value is -2.63. The van der Waals surface area contributed by atoms with E-state index in [1.165, 1.54) is 0 Å². The second-order valence-electron chi connectivity index (χ2n) is 5.18. The Morgan fingerprint density at radius 3 is 2.65 bits per heavy atom. The molecular formula is C17H21N5O. The Morgan fingerprint density at radius 1 is 1.09 bits per heavy atom. The topological polar surface area (TPSA) is 64.3 Å². The second kappa shape index (κ2) is 7.09. The van der Waals surface area contributed by atoms with E-state index in [1.807, 2.05) is 30.3 Å². The molecule has 1 N–H and O–H groups in total. The van der Waals surface area contributed by atoms with Gasteiger partial charge in [-0.3, -0.25) is 0 Å². The molecular weight excluding hydrogens is 290 g/mol. The van der Waals surface area contributed by atoms with Gasteiger partial charge in [-0.05, 0) is 31.0 Å². The Bertz CT molecular complexity index is 769. The minimum Gasteiger partial charge on any atom is -0.492 e. The first kappa shape index (κ1) is 15.3. The van der Waals surface area contributed by atoms with E-state index in [-0.39, 0.29) is 0 Å². The zero-order valence-corrected chi connectivity index (χ0v) is 13.5. The van der Waals surface area contributed by atoms with Gasteiger partial charge in [0.2, 0.25) is 5.95 Å². The Kier molecular flexibility index (Phi) is 4.71. The van der Waals surface area contributed by atoms with Crippen LogP contribution in [0.15, 0.2) is 36.4 Å². The molecule has 3 rings (SSSR count). The molecule has 0 aliphatic heterocycles. The summed E-state index contributed by atoms with van der Waals surface area (Å²) < 4.78 is 7.45. The first-order valence-corrected chi connectivity index (χ1v) is 7.97. The molecule has 23 heavy (non-hydrogen) atoms. The van der Waals surface area contributed by atoms with Crippen molar-refractivity contribution in [3.63, 3.8) is 0 Å². The van der Waals surface area contributed by atoms with Gasteiger partial charge in [-0.15, -0.1) is 5.10 Å². The second-order valence-corrected chi connectivity index (χ2v) is 5.18. The van der Waals surface area contributed by atoms with Crippen molar-refractivity contribution in [2.75, 3.05) is 18.5 Å². The summed E-state index contributed by atoms with van der Waals surface area (Å²) in [5.41, 5.74) is 2.16. The molecule has 0 unspecified atom stereocenters. The third-order valence-corrected chi connectivity index (χ3v) is 3.56. The van der Waals surface area contributed by atoms with E-state index in [1.54, 1.807) is 4.52 Å². The molecule has 1 aromatic carbocycles. The third kappa shape index (κ3) is 3.59. The summed E-state index contributed by atoms with van der Waals surface area (Å²) in [6, 6.07) is 11.8. The molecule has 0 saturated heterocycles. The van der Waals surface area contributed by atoms with Gasteiger partial charge in [0.05, 0.1) is 6.54 Å². The van der Waals surface area contributed by atoms with Crippen molar-refractivity contribution >= 4 is 11.7 Å². The van der Waals surface area contributed by atoms with Crippen molar-refractivity contribution in [2.45, 2.75) is 26.7 Å². The van der Waals surface area contributed by atoms with Crippen molar-refractivity contribution in [1.82, 2.24) is 19.6 Å². The number of ether oxygens (including phenoxy) is 1. The van der Waals surface area contributed by atoms with Crippen LogP contribution in [0, 0.1) is 0 Å². The van der Waals surface area contributed by atoms with Gasteiger partial charge in [0.15, 0.2) is 0 Å². The predicted molar refractivity (Wildman–Crippen MR) is 90.0 cm³/mol. The minimum absolute atomic E-state index is 0.549. The van der Waals surface area contributed by atoms with Crippen molar-refractivity contribution in [3.8, 4) is 5.75 Å². The monoisotopic (exact) mass is 311 g/mol. The van der Waals surface area contributed by atoms with Crippen molar-refractivity contribution in [1.29, 1.82) is 0 Å². The number of anilines is 1. The third-order valence-electron chi connectivity index (χ3n) is 3.56. The van der Waals surface area contributed by atoms with Crippen LogP contribution in [0.3, 0.4) is 0 Å². The maximum absolute atomic E-state index is 5.64. The fourth-order valence-corrected chi connectivity index (χ4v) is 2.34. The lowest BCUT2D eigenvalue weighted by Gasteiger charge is -2.05. The molecule has 2 heterocycles. The number of nitrogens with one attached hydrogen (secondary N) is 1. The Morgan fingerprint density at radius 2 is 1.91 bits per heavy atom. The molecule has 120 valence electrons. The average Bonchev–Trinajstić information content (AvgIpc) is 3.01. The largest absolute Gasteiger partial charge is 0.492 e. The van der Waals surface area contributed by atoms with Gasteiger partial charge in [0.25, 0.3) is 5.78 Å². The molecule has 0 radical (unpaired) electrons. The summed E-state index contributed by atoms with van der Waals surface area (Å²) in [7, 11) is 0. The summed E-state index contributed by atoms with van der Waals surface area (Å²) in [5.74, 6) is 2.09. The fraction of sp³-hybridized carbons (Fsp3) is 0.353. The van der Waals surface area contributed by atoms with Crippen LogP contribution in [0.5, 0.6) is 5.75 Å². The van der Waals surface area contributed by atoms with E-state index >= 15 is 0 Å². The van der Waals surface area contributed by atoms with Crippen molar-refractivity contribution < 1.29 is 4.74 Å². The highest BCUT2D eigenvalue weighted by molar-refractivity contribution is 5.39. The summed E-state index contributed by atoms with van der Waals surface area (Å²) in [6.07, 6.45) is 1.79. The SMILES string of the molecule is CCc1cc(CC)n2nc(NCCOc3ccccc3)nc2n1. The highest BCUT2D eigenvalue weighted by Gasteiger charge is 2.09. The number of hydrogen-bond donors (Lipinski definition) is 1. The van der Waals surface area contributed by atoms with Gasteiger partial charge < -0.3 is 10.1 Å². The summed E-state index contributed by atoms with van der Waals surface area (Å²) in [5, 5.41) is 7.66. The van der Waals surface area contributed by atoms with Crippen LogP contribution in [-0.2, 0) is 12.8 Å². The molecule has 0 aliphatic carbocycles. The molecule has 0 spiro atoms. The van der Waals surface area contributed by atoms with Gasteiger partial charge in [-0.25, -0.2) is 4.98 Å². The number of para-hydroxylation sites is 1. The number of rotatable bonds is 7. The number of hydrogen-bond acceptors (Lipinski definition) is 5. The molecule has 6 nitrogen and oxygen atoms in total. The van der Waals surface area contributed by atoms with Gasteiger partial charge >= 0.3 is 0 Å². The van der Waals surface area contributed by atoms with Gasteiger partial charge in [0.1, 0.15) is 12.4 Å². The van der Waals surface area contributed by atoms with E-state index in [0.29, 0.717) is 24.9 Å². The van der Waals surface area contributed by atoms with Crippen LogP contribution in [-0.4, -0.2) is 32.7 Å². The van der Waals surface area contributed by atoms with Crippen LogP contribution in [0.1, 0.15) is 25.2 Å². The lowest BCUT2D eigenvalue weighted by atomic mass is 10.2. The van der Waals surface area contributed by atoms with Gasteiger partial charge in [-0.1, -0.05) is 32.0 Å².